The molecule has 1 fully saturated rings. The monoisotopic (exact) mass is 251 g/mol. The number of methoxy groups -OCH3 is 1. The van der Waals surface area contributed by atoms with Gasteiger partial charge in [-0.2, -0.15) is 0 Å². The summed E-state index contributed by atoms with van der Waals surface area (Å²) in [6.45, 7) is 3.48. The number of ether oxygens (including phenoxy) is 1. The van der Waals surface area contributed by atoms with Gasteiger partial charge in [-0.25, -0.2) is 4.39 Å². The van der Waals surface area contributed by atoms with Crippen molar-refractivity contribution in [1.82, 2.24) is 5.32 Å². The maximum absolute atomic E-state index is 13.3. The number of halogens is 1. The minimum Gasteiger partial charge on any atom is -0.496 e. The van der Waals surface area contributed by atoms with Crippen LogP contribution in [0, 0.1) is 11.2 Å². The summed E-state index contributed by atoms with van der Waals surface area (Å²) in [5.41, 5.74) is -0.0656. The first-order valence-electron chi connectivity index (χ1n) is 6.22. The molecule has 1 unspecified atom stereocenters. The van der Waals surface area contributed by atoms with Crippen molar-refractivity contribution in [2.24, 2.45) is 5.41 Å². The molecule has 1 N–H and O–H groups in total. The largest absolute Gasteiger partial charge is 0.496 e. The first-order valence-corrected chi connectivity index (χ1v) is 6.22. The summed E-state index contributed by atoms with van der Waals surface area (Å²) < 4.78 is 18.5. The molecule has 98 valence electrons. The summed E-state index contributed by atoms with van der Waals surface area (Å²) in [6.07, 6.45) is 1.54. The lowest BCUT2D eigenvalue weighted by Crippen LogP contribution is -2.33. The zero-order valence-corrected chi connectivity index (χ0v) is 10.8. The fourth-order valence-corrected chi connectivity index (χ4v) is 2.54. The Morgan fingerprint density at radius 2 is 2.33 bits per heavy atom. The molecule has 1 saturated heterocycles. The lowest BCUT2D eigenvalue weighted by atomic mass is 9.77. The molecule has 0 radical (unpaired) electrons. The third kappa shape index (κ3) is 2.12. The summed E-state index contributed by atoms with van der Waals surface area (Å²) in [7, 11) is 1.50. The first kappa shape index (κ1) is 13.0. The summed E-state index contributed by atoms with van der Waals surface area (Å²) >= 11 is 0. The molecule has 1 aliphatic heterocycles. The molecule has 0 amide bonds. The van der Waals surface area contributed by atoms with E-state index in [1.807, 2.05) is 6.92 Å². The van der Waals surface area contributed by atoms with E-state index in [2.05, 4.69) is 5.32 Å². The highest BCUT2D eigenvalue weighted by Crippen LogP contribution is 2.36. The van der Waals surface area contributed by atoms with Crippen molar-refractivity contribution >= 4 is 5.78 Å². The Kier molecular flexibility index (Phi) is 3.66. The molecule has 18 heavy (non-hydrogen) atoms. The van der Waals surface area contributed by atoms with Crippen molar-refractivity contribution in [3.8, 4) is 5.75 Å². The summed E-state index contributed by atoms with van der Waals surface area (Å²) in [5.74, 6) is 0.0174. The fraction of sp³-hybridized carbons (Fsp3) is 0.500. The lowest BCUT2D eigenvalue weighted by molar-refractivity contribution is 0.0806. The number of benzene rings is 1. The second-order valence-corrected chi connectivity index (χ2v) is 4.73. The van der Waals surface area contributed by atoms with Gasteiger partial charge in [-0.15, -0.1) is 0 Å². The predicted molar refractivity (Wildman–Crippen MR) is 67.5 cm³/mol. The van der Waals surface area contributed by atoms with E-state index in [1.165, 1.54) is 25.3 Å². The van der Waals surface area contributed by atoms with Gasteiger partial charge in [0.2, 0.25) is 0 Å². The van der Waals surface area contributed by atoms with Crippen molar-refractivity contribution in [3.05, 3.63) is 29.6 Å². The van der Waals surface area contributed by atoms with Crippen LogP contribution < -0.4 is 10.1 Å². The average molecular weight is 251 g/mol. The molecule has 2 rings (SSSR count). The van der Waals surface area contributed by atoms with Crippen molar-refractivity contribution < 1.29 is 13.9 Å². The minimum atomic E-state index is -0.416. The van der Waals surface area contributed by atoms with E-state index in [-0.39, 0.29) is 5.78 Å². The molecular formula is C14H18FNO2. The minimum absolute atomic E-state index is 0.0219. The highest BCUT2D eigenvalue weighted by Gasteiger charge is 2.40. The molecule has 0 bridgehead atoms. The third-order valence-electron chi connectivity index (χ3n) is 3.81. The van der Waals surface area contributed by atoms with Crippen LogP contribution in [0.3, 0.4) is 0 Å². The van der Waals surface area contributed by atoms with Gasteiger partial charge >= 0.3 is 0 Å². The average Bonchev–Trinajstić information content (AvgIpc) is 2.87. The zero-order chi connectivity index (χ0) is 13.2. The van der Waals surface area contributed by atoms with E-state index in [4.69, 9.17) is 4.74 Å². The Bertz CT molecular complexity index is 453. The highest BCUT2D eigenvalue weighted by molar-refractivity contribution is 6.03. The number of carbonyl (C=O) groups is 1. The van der Waals surface area contributed by atoms with E-state index in [9.17, 15) is 9.18 Å². The summed E-state index contributed by atoms with van der Waals surface area (Å²) in [6, 6.07) is 4.09. The van der Waals surface area contributed by atoms with Crippen LogP contribution in [0.4, 0.5) is 4.39 Å². The van der Waals surface area contributed by atoms with Gasteiger partial charge in [0.15, 0.2) is 5.78 Å². The molecule has 0 spiro atoms. The number of carbonyl (C=O) groups excluding carboxylic acids is 1. The van der Waals surface area contributed by atoms with Gasteiger partial charge in [0.1, 0.15) is 11.6 Å². The van der Waals surface area contributed by atoms with E-state index < -0.39 is 11.2 Å². The fourth-order valence-electron chi connectivity index (χ4n) is 2.54. The van der Waals surface area contributed by atoms with Crippen LogP contribution in [0.15, 0.2) is 18.2 Å². The van der Waals surface area contributed by atoms with Crippen molar-refractivity contribution in [1.29, 1.82) is 0 Å². The molecule has 0 aliphatic carbocycles. The smallest absolute Gasteiger partial charge is 0.174 e. The number of ketones is 1. The zero-order valence-electron chi connectivity index (χ0n) is 10.8. The number of nitrogens with one attached hydrogen (secondary N) is 1. The number of hydrogen-bond acceptors (Lipinski definition) is 3. The van der Waals surface area contributed by atoms with Crippen LogP contribution in [0.2, 0.25) is 0 Å². The van der Waals surface area contributed by atoms with Gasteiger partial charge in [-0.1, -0.05) is 6.92 Å². The predicted octanol–water partition coefficient (Wildman–Crippen LogP) is 2.41. The number of Topliss-reactive ketones (excluding diaryl/α,β-unsaturated/α-hetero) is 1. The maximum Gasteiger partial charge on any atom is 0.174 e. The van der Waals surface area contributed by atoms with Crippen molar-refractivity contribution in [2.45, 2.75) is 19.8 Å². The SMILES string of the molecule is CCC1(C(=O)c2cc(F)ccc2OC)CCNC1. The molecule has 1 aliphatic rings. The molecule has 0 saturated carbocycles. The maximum atomic E-state index is 13.3. The molecule has 1 heterocycles. The normalized spacial score (nSPS) is 23.1. The lowest BCUT2D eigenvalue weighted by Gasteiger charge is -2.25. The Hall–Kier alpha value is -1.42. The Morgan fingerprint density at radius 3 is 2.89 bits per heavy atom. The van der Waals surface area contributed by atoms with Crippen LogP contribution in [-0.2, 0) is 0 Å². The van der Waals surface area contributed by atoms with Gasteiger partial charge in [-0.3, -0.25) is 4.79 Å². The van der Waals surface area contributed by atoms with Crippen molar-refractivity contribution in [3.63, 3.8) is 0 Å². The molecule has 4 heteroatoms. The van der Waals surface area contributed by atoms with E-state index in [0.29, 0.717) is 17.9 Å². The number of hydrogen-bond donors (Lipinski definition) is 1. The molecular weight excluding hydrogens is 233 g/mol. The molecule has 1 aromatic carbocycles. The standard InChI is InChI=1S/C14H18FNO2/c1-3-14(6-7-16-9-14)13(17)11-8-10(15)4-5-12(11)18-2/h4-5,8,16H,3,6-7,9H2,1-2H3. The van der Waals surface area contributed by atoms with Gasteiger partial charge in [0.05, 0.1) is 12.7 Å². The number of rotatable bonds is 4. The van der Waals surface area contributed by atoms with Crippen LogP contribution in [0.25, 0.3) is 0 Å². The quantitative estimate of drug-likeness (QED) is 0.835. The second kappa shape index (κ2) is 5.06. The van der Waals surface area contributed by atoms with E-state index >= 15 is 0 Å². The van der Waals surface area contributed by atoms with Crippen LogP contribution >= 0.6 is 0 Å². The Balaban J connectivity index is 2.41. The second-order valence-electron chi connectivity index (χ2n) is 4.73. The van der Waals surface area contributed by atoms with Crippen LogP contribution in [0.1, 0.15) is 30.1 Å². The first-order chi connectivity index (χ1) is 8.63. The molecule has 1 atom stereocenters. The molecule has 3 nitrogen and oxygen atoms in total. The summed E-state index contributed by atoms with van der Waals surface area (Å²) in [4.78, 5) is 12.6. The highest BCUT2D eigenvalue weighted by atomic mass is 19.1. The van der Waals surface area contributed by atoms with Crippen LogP contribution in [-0.4, -0.2) is 26.0 Å². The van der Waals surface area contributed by atoms with Crippen LogP contribution in [0.5, 0.6) is 5.75 Å². The van der Waals surface area contributed by atoms with E-state index in [0.717, 1.165) is 19.4 Å². The molecule has 1 aromatic rings. The molecule has 0 aromatic heterocycles. The van der Waals surface area contributed by atoms with Gasteiger partial charge in [0.25, 0.3) is 0 Å². The third-order valence-corrected chi connectivity index (χ3v) is 3.81. The summed E-state index contributed by atoms with van der Waals surface area (Å²) in [5, 5.41) is 3.21. The van der Waals surface area contributed by atoms with Gasteiger partial charge < -0.3 is 10.1 Å². The topological polar surface area (TPSA) is 38.3 Å². The van der Waals surface area contributed by atoms with E-state index in [1.54, 1.807) is 0 Å². The van der Waals surface area contributed by atoms with Gasteiger partial charge in [-0.05, 0) is 37.6 Å². The Labute approximate surface area is 106 Å². The van der Waals surface area contributed by atoms with Gasteiger partial charge in [0, 0.05) is 12.0 Å². The Morgan fingerprint density at radius 1 is 1.56 bits per heavy atom. The van der Waals surface area contributed by atoms with Crippen molar-refractivity contribution in [2.75, 3.05) is 20.2 Å².